The van der Waals surface area contributed by atoms with Gasteiger partial charge >= 0.3 is 0 Å². The second kappa shape index (κ2) is 6.20. The molecule has 3 amide bonds. The molecule has 2 aliphatic heterocycles. The number of halogens is 1. The van der Waals surface area contributed by atoms with E-state index in [1.54, 1.807) is 36.9 Å². The van der Waals surface area contributed by atoms with E-state index in [0.29, 0.717) is 24.2 Å². The van der Waals surface area contributed by atoms with E-state index in [9.17, 15) is 14.4 Å². The van der Waals surface area contributed by atoms with Gasteiger partial charge in [-0.05, 0) is 32.4 Å². The van der Waals surface area contributed by atoms with Crippen LogP contribution in [0.2, 0.25) is 0 Å². The minimum absolute atomic E-state index is 0. The number of nitrogens with zero attached hydrogens (tertiary/aromatic N) is 2. The minimum Gasteiger partial charge on any atom is -0.398 e. The molecule has 0 saturated carbocycles. The Balaban J connectivity index is 0.00000192. The fourth-order valence-electron chi connectivity index (χ4n) is 3.25. The Morgan fingerprint density at radius 2 is 1.91 bits per heavy atom. The molecule has 1 saturated heterocycles. The van der Waals surface area contributed by atoms with E-state index >= 15 is 0 Å². The van der Waals surface area contributed by atoms with Crippen molar-refractivity contribution in [3.63, 3.8) is 0 Å². The molecule has 6 nitrogen and oxygen atoms in total. The molecule has 0 spiro atoms. The fraction of sp³-hybridized carbons (Fsp3) is 0.438. The highest BCUT2D eigenvalue weighted by atomic mass is 35.5. The van der Waals surface area contributed by atoms with Crippen LogP contribution in [0.4, 0.5) is 5.69 Å². The zero-order valence-electron chi connectivity index (χ0n) is 13.1. The van der Waals surface area contributed by atoms with Crippen LogP contribution in [0.25, 0.3) is 0 Å². The number of fused-ring (bicyclic) bond motifs is 1. The number of imide groups is 1. The molecular weight excluding hydrogens is 318 g/mol. The Labute approximate surface area is 141 Å². The van der Waals surface area contributed by atoms with Crippen LogP contribution in [-0.2, 0) is 16.1 Å². The quantitative estimate of drug-likeness (QED) is 0.656. The van der Waals surface area contributed by atoms with Crippen LogP contribution in [0.5, 0.6) is 0 Å². The number of likely N-dealkylation sites (tertiary alicyclic amines) is 1. The molecule has 0 aliphatic carbocycles. The van der Waals surface area contributed by atoms with Gasteiger partial charge in [-0.25, -0.2) is 0 Å². The Bertz CT molecular complexity index is 675. The molecule has 0 radical (unpaired) electrons. The van der Waals surface area contributed by atoms with Gasteiger partial charge in [-0.1, -0.05) is 6.07 Å². The number of anilines is 1. The van der Waals surface area contributed by atoms with Crippen LogP contribution in [0.3, 0.4) is 0 Å². The largest absolute Gasteiger partial charge is 0.398 e. The molecule has 1 atom stereocenters. The summed E-state index contributed by atoms with van der Waals surface area (Å²) >= 11 is 0. The molecule has 1 unspecified atom stereocenters. The maximum absolute atomic E-state index is 12.6. The molecular formula is C16H20ClN3O3. The zero-order chi connectivity index (χ0) is 16.0. The minimum atomic E-state index is -0.584. The highest BCUT2D eigenvalue weighted by Gasteiger charge is 2.43. The van der Waals surface area contributed by atoms with Crippen molar-refractivity contribution >= 4 is 35.8 Å². The van der Waals surface area contributed by atoms with Crippen molar-refractivity contribution in [1.29, 1.82) is 0 Å². The summed E-state index contributed by atoms with van der Waals surface area (Å²) in [7, 11) is 0. The Morgan fingerprint density at radius 3 is 2.52 bits per heavy atom. The lowest BCUT2D eigenvalue weighted by Gasteiger charge is -2.37. The van der Waals surface area contributed by atoms with Gasteiger partial charge in [-0.15, -0.1) is 12.4 Å². The lowest BCUT2D eigenvalue weighted by atomic mass is 10.0. The predicted molar refractivity (Wildman–Crippen MR) is 88.0 cm³/mol. The smallest absolute Gasteiger partial charge is 0.255 e. The molecule has 1 aromatic carbocycles. The monoisotopic (exact) mass is 337 g/mol. The molecule has 1 aromatic rings. The van der Waals surface area contributed by atoms with Gasteiger partial charge in [0.2, 0.25) is 5.91 Å². The van der Waals surface area contributed by atoms with Crippen molar-refractivity contribution < 1.29 is 14.4 Å². The molecule has 3 rings (SSSR count). The van der Waals surface area contributed by atoms with Crippen molar-refractivity contribution in [3.8, 4) is 0 Å². The molecule has 124 valence electrons. The number of rotatable bonds is 2. The van der Waals surface area contributed by atoms with Crippen LogP contribution in [-0.4, -0.2) is 39.6 Å². The summed E-state index contributed by atoms with van der Waals surface area (Å²) in [6, 6.07) is 4.43. The predicted octanol–water partition coefficient (Wildman–Crippen LogP) is 1.57. The summed E-state index contributed by atoms with van der Waals surface area (Å²) in [6.45, 7) is 3.94. The van der Waals surface area contributed by atoms with Crippen molar-refractivity contribution in [2.75, 3.05) is 5.73 Å². The molecule has 23 heavy (non-hydrogen) atoms. The van der Waals surface area contributed by atoms with Crippen molar-refractivity contribution in [2.24, 2.45) is 0 Å². The Morgan fingerprint density at radius 1 is 1.22 bits per heavy atom. The van der Waals surface area contributed by atoms with Crippen molar-refractivity contribution in [3.05, 3.63) is 29.3 Å². The number of hydrogen-bond acceptors (Lipinski definition) is 4. The van der Waals surface area contributed by atoms with Crippen LogP contribution in [0.15, 0.2) is 18.2 Å². The van der Waals surface area contributed by atoms with Gasteiger partial charge in [-0.2, -0.15) is 0 Å². The first-order valence-corrected chi connectivity index (χ1v) is 7.46. The lowest BCUT2D eigenvalue weighted by molar-refractivity contribution is -0.154. The number of piperidine rings is 1. The highest BCUT2D eigenvalue weighted by Crippen LogP contribution is 2.32. The Kier molecular flexibility index (Phi) is 4.66. The fourth-order valence-corrected chi connectivity index (χ4v) is 3.25. The SMILES string of the molecule is CC(C)N1C(=O)CCC(N2Cc3c(N)cccc3C2=O)C1=O.Cl. The van der Waals surface area contributed by atoms with Crippen molar-refractivity contribution in [2.45, 2.75) is 45.3 Å². The van der Waals surface area contributed by atoms with Gasteiger partial charge in [0.1, 0.15) is 6.04 Å². The average molecular weight is 338 g/mol. The van der Waals surface area contributed by atoms with Crippen LogP contribution >= 0.6 is 12.4 Å². The first-order valence-electron chi connectivity index (χ1n) is 7.46. The summed E-state index contributed by atoms with van der Waals surface area (Å²) in [5.41, 5.74) is 7.82. The van der Waals surface area contributed by atoms with E-state index < -0.39 is 6.04 Å². The van der Waals surface area contributed by atoms with Crippen LogP contribution < -0.4 is 5.73 Å². The normalized spacial score (nSPS) is 20.8. The van der Waals surface area contributed by atoms with Crippen molar-refractivity contribution in [1.82, 2.24) is 9.80 Å². The van der Waals surface area contributed by atoms with Gasteiger partial charge in [0, 0.05) is 35.8 Å². The van der Waals surface area contributed by atoms with Gasteiger partial charge in [0.05, 0.1) is 0 Å². The standard InChI is InChI=1S/C16H19N3O3.ClH/c1-9(2)19-14(20)7-6-13(16(19)22)18-8-11-10(15(18)21)4-3-5-12(11)17;/h3-5,9,13H,6-8,17H2,1-2H3;1H. The molecule has 0 aromatic heterocycles. The summed E-state index contributed by atoms with van der Waals surface area (Å²) in [4.78, 5) is 40.0. The molecule has 0 bridgehead atoms. The highest BCUT2D eigenvalue weighted by molar-refractivity contribution is 6.06. The molecule has 2 heterocycles. The maximum atomic E-state index is 12.6. The van der Waals surface area contributed by atoms with Gasteiger partial charge in [0.25, 0.3) is 11.8 Å². The van der Waals surface area contributed by atoms with Gasteiger partial charge in [0.15, 0.2) is 0 Å². The Hall–Kier alpha value is -2.08. The number of hydrogen-bond donors (Lipinski definition) is 1. The summed E-state index contributed by atoms with van der Waals surface area (Å²) in [5, 5.41) is 0. The number of amides is 3. The first-order chi connectivity index (χ1) is 10.4. The van der Waals surface area contributed by atoms with Gasteiger partial charge in [-0.3, -0.25) is 19.3 Å². The van der Waals surface area contributed by atoms with E-state index in [4.69, 9.17) is 5.73 Å². The zero-order valence-corrected chi connectivity index (χ0v) is 13.9. The first kappa shape index (κ1) is 17.3. The van der Waals surface area contributed by atoms with E-state index in [2.05, 4.69) is 0 Å². The molecule has 2 aliphatic rings. The molecule has 2 N–H and O–H groups in total. The summed E-state index contributed by atoms with van der Waals surface area (Å²) in [5.74, 6) is -0.635. The number of carbonyl (C=O) groups excluding carboxylic acids is 3. The van der Waals surface area contributed by atoms with E-state index in [0.717, 1.165) is 5.56 Å². The average Bonchev–Trinajstić information content (AvgIpc) is 2.78. The number of nitrogens with two attached hydrogens (primary N) is 1. The second-order valence-corrected chi connectivity index (χ2v) is 6.06. The number of nitrogen functional groups attached to an aromatic ring is 1. The third-order valence-electron chi connectivity index (χ3n) is 4.35. The van der Waals surface area contributed by atoms with Crippen LogP contribution in [0.1, 0.15) is 42.6 Å². The lowest BCUT2D eigenvalue weighted by Crippen LogP contribution is -2.56. The van der Waals surface area contributed by atoms with E-state index in [1.807, 2.05) is 0 Å². The van der Waals surface area contributed by atoms with E-state index in [1.165, 1.54) is 4.90 Å². The second-order valence-electron chi connectivity index (χ2n) is 6.06. The summed E-state index contributed by atoms with van der Waals surface area (Å²) in [6.07, 6.45) is 0.657. The third kappa shape index (κ3) is 2.67. The molecule has 1 fully saturated rings. The molecule has 7 heteroatoms. The maximum Gasteiger partial charge on any atom is 0.255 e. The van der Waals surface area contributed by atoms with Gasteiger partial charge < -0.3 is 10.6 Å². The number of carbonyl (C=O) groups is 3. The third-order valence-corrected chi connectivity index (χ3v) is 4.35. The van der Waals surface area contributed by atoms with Crippen LogP contribution in [0, 0.1) is 0 Å². The number of benzene rings is 1. The summed E-state index contributed by atoms with van der Waals surface area (Å²) < 4.78 is 0. The van der Waals surface area contributed by atoms with E-state index in [-0.39, 0.29) is 42.6 Å². The topological polar surface area (TPSA) is 83.7 Å².